The van der Waals surface area contributed by atoms with Crippen LogP contribution < -0.4 is 5.76 Å². The molecule has 4 rings (SSSR count). The number of halogens is 1. The van der Waals surface area contributed by atoms with Crippen molar-refractivity contribution >= 4 is 33.5 Å². The number of H-pyrrole nitrogens is 1. The number of aromatic amines is 1. The van der Waals surface area contributed by atoms with E-state index in [1.54, 1.807) is 18.2 Å². The van der Waals surface area contributed by atoms with Gasteiger partial charge in [0.1, 0.15) is 0 Å². The number of aromatic nitrogens is 1. The van der Waals surface area contributed by atoms with Gasteiger partial charge in [-0.05, 0) is 74.2 Å². The highest BCUT2D eigenvalue weighted by molar-refractivity contribution is 7.85. The van der Waals surface area contributed by atoms with E-state index < -0.39 is 16.6 Å². The van der Waals surface area contributed by atoms with Gasteiger partial charge in [-0.1, -0.05) is 23.7 Å². The first kappa shape index (κ1) is 19.4. The Morgan fingerprint density at radius 3 is 2.64 bits per heavy atom. The first-order chi connectivity index (χ1) is 13.6. The predicted octanol–water partition coefficient (Wildman–Crippen LogP) is 3.84. The lowest BCUT2D eigenvalue weighted by atomic mass is 9.90. The van der Waals surface area contributed by atoms with Crippen molar-refractivity contribution in [1.29, 1.82) is 0 Å². The molecule has 148 valence electrons. The number of oxazole rings is 1. The number of rotatable bonds is 6. The summed E-state index contributed by atoms with van der Waals surface area (Å²) in [6.45, 7) is 2.90. The van der Waals surface area contributed by atoms with Crippen molar-refractivity contribution in [2.24, 2.45) is 5.92 Å². The average Bonchev–Trinajstić information content (AvgIpc) is 3.08. The molecular formula is C21H23ClN2O3S. The standard InChI is InChI=1S/C21H23ClN2O3S/c22-17-3-1-15(2-4-17)13-16-7-9-24(10-8-16)11-12-28(26)18-5-6-19-20(14-18)27-21(25)23-19/h1-6,14,16H,7-13H2,(H,23,25). The number of benzene rings is 2. The number of nitrogens with one attached hydrogen (secondary N) is 1. The zero-order valence-electron chi connectivity index (χ0n) is 15.5. The second-order valence-electron chi connectivity index (χ2n) is 7.34. The van der Waals surface area contributed by atoms with Crippen LogP contribution in [0.5, 0.6) is 0 Å². The third-order valence-electron chi connectivity index (χ3n) is 5.39. The molecule has 28 heavy (non-hydrogen) atoms. The van der Waals surface area contributed by atoms with Crippen LogP contribution in [-0.2, 0) is 17.2 Å². The minimum absolute atomic E-state index is 0.457. The van der Waals surface area contributed by atoms with E-state index in [-0.39, 0.29) is 0 Å². The zero-order valence-corrected chi connectivity index (χ0v) is 17.1. The van der Waals surface area contributed by atoms with Gasteiger partial charge in [-0.25, -0.2) is 4.79 Å². The summed E-state index contributed by atoms with van der Waals surface area (Å²) in [6.07, 6.45) is 3.42. The molecule has 0 bridgehead atoms. The van der Waals surface area contributed by atoms with Crippen molar-refractivity contribution in [3.8, 4) is 0 Å². The number of piperidine rings is 1. The minimum atomic E-state index is -1.10. The Hall–Kier alpha value is -1.89. The molecular weight excluding hydrogens is 396 g/mol. The molecule has 1 saturated heterocycles. The third kappa shape index (κ3) is 4.74. The number of hydrogen-bond donors (Lipinski definition) is 1. The van der Waals surface area contributed by atoms with Crippen molar-refractivity contribution in [3.05, 3.63) is 63.6 Å². The summed E-state index contributed by atoms with van der Waals surface area (Å²) in [7, 11) is -1.10. The van der Waals surface area contributed by atoms with Crippen LogP contribution in [0.2, 0.25) is 5.02 Å². The summed E-state index contributed by atoms with van der Waals surface area (Å²) in [5.74, 6) is 0.795. The van der Waals surface area contributed by atoms with Gasteiger partial charge in [0.15, 0.2) is 5.58 Å². The fourth-order valence-corrected chi connectivity index (χ4v) is 5.01. The number of fused-ring (bicyclic) bond motifs is 1. The Morgan fingerprint density at radius 2 is 1.89 bits per heavy atom. The van der Waals surface area contributed by atoms with Gasteiger partial charge in [-0.3, -0.25) is 9.19 Å². The van der Waals surface area contributed by atoms with Crippen molar-refractivity contribution in [2.45, 2.75) is 24.2 Å². The lowest BCUT2D eigenvalue weighted by Crippen LogP contribution is -2.36. The number of hydrogen-bond acceptors (Lipinski definition) is 4. The van der Waals surface area contributed by atoms with Gasteiger partial charge < -0.3 is 9.32 Å². The molecule has 1 aliphatic heterocycles. The van der Waals surface area contributed by atoms with E-state index in [1.165, 1.54) is 5.56 Å². The molecule has 1 unspecified atom stereocenters. The Morgan fingerprint density at radius 1 is 1.14 bits per heavy atom. The smallest absolute Gasteiger partial charge is 0.408 e. The molecule has 2 aromatic carbocycles. The largest absolute Gasteiger partial charge is 0.417 e. The fraction of sp³-hybridized carbons (Fsp3) is 0.381. The molecule has 0 aliphatic carbocycles. The molecule has 2 heterocycles. The van der Waals surface area contributed by atoms with Gasteiger partial charge >= 0.3 is 5.76 Å². The summed E-state index contributed by atoms with van der Waals surface area (Å²) in [5.41, 5.74) is 2.43. The third-order valence-corrected chi connectivity index (χ3v) is 6.98. The van der Waals surface area contributed by atoms with E-state index in [9.17, 15) is 9.00 Å². The quantitative estimate of drug-likeness (QED) is 0.660. The highest BCUT2D eigenvalue weighted by Gasteiger charge is 2.20. The van der Waals surface area contributed by atoms with E-state index >= 15 is 0 Å². The van der Waals surface area contributed by atoms with Gasteiger partial charge in [-0.15, -0.1) is 0 Å². The van der Waals surface area contributed by atoms with Crippen LogP contribution in [0.4, 0.5) is 0 Å². The Labute approximate surface area is 171 Å². The van der Waals surface area contributed by atoms with Crippen molar-refractivity contribution in [3.63, 3.8) is 0 Å². The second kappa shape index (κ2) is 8.64. The molecule has 1 aliphatic rings. The number of likely N-dealkylation sites (tertiary alicyclic amines) is 1. The average molecular weight is 419 g/mol. The highest BCUT2D eigenvalue weighted by Crippen LogP contribution is 2.23. The van der Waals surface area contributed by atoms with Crippen molar-refractivity contribution in [1.82, 2.24) is 9.88 Å². The van der Waals surface area contributed by atoms with Crippen LogP contribution in [0, 0.1) is 5.92 Å². The van der Waals surface area contributed by atoms with Gasteiger partial charge in [-0.2, -0.15) is 0 Å². The summed E-state index contributed by atoms with van der Waals surface area (Å²) in [5, 5.41) is 0.782. The van der Waals surface area contributed by atoms with E-state index in [1.807, 2.05) is 12.1 Å². The summed E-state index contributed by atoms with van der Waals surface area (Å²) >= 11 is 5.96. The van der Waals surface area contributed by atoms with E-state index in [0.717, 1.165) is 43.9 Å². The Kier molecular flexibility index (Phi) is 5.99. The number of nitrogens with zero attached hydrogens (tertiary/aromatic N) is 1. The highest BCUT2D eigenvalue weighted by atomic mass is 35.5. The SMILES string of the molecule is O=c1[nH]c2ccc(S(=O)CCN3CCC(Cc4ccc(Cl)cc4)CC3)cc2o1. The molecule has 0 amide bonds. The lowest BCUT2D eigenvalue weighted by molar-refractivity contribution is 0.193. The molecule has 1 fully saturated rings. The van der Waals surface area contributed by atoms with Crippen LogP contribution in [-0.4, -0.2) is 39.5 Å². The van der Waals surface area contributed by atoms with Crippen LogP contribution in [0.15, 0.2) is 56.6 Å². The van der Waals surface area contributed by atoms with E-state index in [0.29, 0.717) is 27.7 Å². The molecule has 0 saturated carbocycles. The fourth-order valence-electron chi connectivity index (χ4n) is 3.77. The molecule has 7 heteroatoms. The first-order valence-corrected chi connectivity index (χ1v) is 11.2. The van der Waals surface area contributed by atoms with Gasteiger partial charge in [0, 0.05) is 22.2 Å². The predicted molar refractivity (Wildman–Crippen MR) is 112 cm³/mol. The zero-order chi connectivity index (χ0) is 19.5. The molecule has 1 N–H and O–H groups in total. The van der Waals surface area contributed by atoms with Gasteiger partial charge in [0.05, 0.1) is 16.3 Å². The maximum Gasteiger partial charge on any atom is 0.417 e. The van der Waals surface area contributed by atoms with Crippen LogP contribution in [0.3, 0.4) is 0 Å². The lowest BCUT2D eigenvalue weighted by Gasteiger charge is -2.31. The topological polar surface area (TPSA) is 66.3 Å². The van der Waals surface area contributed by atoms with E-state index in [4.69, 9.17) is 16.0 Å². The van der Waals surface area contributed by atoms with Crippen molar-refractivity contribution in [2.75, 3.05) is 25.4 Å². The maximum absolute atomic E-state index is 12.6. The van der Waals surface area contributed by atoms with Crippen LogP contribution in [0.25, 0.3) is 11.1 Å². The first-order valence-electron chi connectivity index (χ1n) is 9.55. The molecule has 1 aromatic heterocycles. The molecule has 1 atom stereocenters. The maximum atomic E-state index is 12.6. The monoisotopic (exact) mass is 418 g/mol. The minimum Gasteiger partial charge on any atom is -0.408 e. The molecule has 0 radical (unpaired) electrons. The Bertz CT molecular complexity index is 1020. The molecule has 5 nitrogen and oxygen atoms in total. The van der Waals surface area contributed by atoms with Crippen LogP contribution >= 0.6 is 11.6 Å². The summed E-state index contributed by atoms with van der Waals surface area (Å²) < 4.78 is 17.7. The van der Waals surface area contributed by atoms with Crippen molar-refractivity contribution < 1.29 is 8.63 Å². The Balaban J connectivity index is 1.25. The summed E-state index contributed by atoms with van der Waals surface area (Å²) in [6, 6.07) is 13.4. The van der Waals surface area contributed by atoms with Gasteiger partial charge in [0.25, 0.3) is 0 Å². The molecule has 0 spiro atoms. The second-order valence-corrected chi connectivity index (χ2v) is 9.34. The van der Waals surface area contributed by atoms with Gasteiger partial charge in [0.2, 0.25) is 0 Å². The van der Waals surface area contributed by atoms with E-state index in [2.05, 4.69) is 22.0 Å². The molecule has 3 aromatic rings. The summed E-state index contributed by atoms with van der Waals surface area (Å²) in [4.78, 5) is 16.9. The van der Waals surface area contributed by atoms with Crippen LogP contribution in [0.1, 0.15) is 18.4 Å². The normalized spacial score (nSPS) is 17.2.